The minimum absolute atomic E-state index is 0.210. The molecule has 2 aromatic heterocycles. The number of hydrogen-bond donors (Lipinski definition) is 1. The summed E-state index contributed by atoms with van der Waals surface area (Å²) in [7, 11) is 1.59. The molecule has 1 amide bonds. The Hall–Kier alpha value is -2.86. The third kappa shape index (κ3) is 3.38. The number of nitrogens with one attached hydrogen (secondary N) is 1. The Balaban J connectivity index is 1.98. The van der Waals surface area contributed by atoms with Crippen molar-refractivity contribution < 1.29 is 13.9 Å². The Labute approximate surface area is 140 Å². The van der Waals surface area contributed by atoms with Gasteiger partial charge in [-0.3, -0.25) is 4.79 Å². The number of aromatic nitrogens is 2. The Morgan fingerprint density at radius 1 is 1.25 bits per heavy atom. The number of rotatable bonds is 6. The average molecular weight is 325 g/mol. The van der Waals surface area contributed by atoms with Gasteiger partial charge in [-0.2, -0.15) is 5.10 Å². The van der Waals surface area contributed by atoms with Gasteiger partial charge in [-0.05, 0) is 31.2 Å². The zero-order chi connectivity index (χ0) is 16.9. The van der Waals surface area contributed by atoms with E-state index < -0.39 is 0 Å². The molecule has 24 heavy (non-hydrogen) atoms. The van der Waals surface area contributed by atoms with E-state index in [0.29, 0.717) is 30.3 Å². The van der Waals surface area contributed by atoms with E-state index in [4.69, 9.17) is 9.15 Å². The number of ether oxygens (including phenoxy) is 1. The van der Waals surface area contributed by atoms with E-state index in [1.165, 1.54) is 0 Å². The molecule has 0 saturated carbocycles. The minimum atomic E-state index is -0.210. The molecule has 124 valence electrons. The molecule has 3 rings (SSSR count). The molecule has 0 saturated heterocycles. The van der Waals surface area contributed by atoms with Crippen LogP contribution in [0.3, 0.4) is 0 Å². The zero-order valence-electron chi connectivity index (χ0n) is 13.7. The van der Waals surface area contributed by atoms with Crippen molar-refractivity contribution in [3.8, 4) is 17.1 Å². The Bertz CT molecular complexity index is 821. The van der Waals surface area contributed by atoms with Crippen LogP contribution in [0.25, 0.3) is 17.1 Å². The lowest BCUT2D eigenvalue weighted by Gasteiger charge is -2.07. The average Bonchev–Trinajstić information content (AvgIpc) is 3.22. The lowest BCUT2D eigenvalue weighted by atomic mass is 10.2. The predicted molar refractivity (Wildman–Crippen MR) is 90.2 cm³/mol. The van der Waals surface area contributed by atoms with E-state index in [0.717, 1.165) is 11.4 Å². The highest BCUT2D eigenvalue weighted by atomic mass is 16.5. The molecule has 6 heteroatoms. The first-order valence-electron chi connectivity index (χ1n) is 7.68. The van der Waals surface area contributed by atoms with Crippen molar-refractivity contribution in [1.29, 1.82) is 0 Å². The van der Waals surface area contributed by atoms with Crippen LogP contribution in [0.1, 0.15) is 16.2 Å². The molecular weight excluding hydrogens is 306 g/mol. The molecule has 1 aromatic carbocycles. The quantitative estimate of drug-likeness (QED) is 0.708. The number of para-hydroxylation sites is 1. The van der Waals surface area contributed by atoms with Crippen molar-refractivity contribution in [2.75, 3.05) is 20.3 Å². The SMILES string of the molecule is COCCNC(=O)c1cc(-c2ccc(C)o2)nn1-c1ccccc1. The van der Waals surface area contributed by atoms with Crippen molar-refractivity contribution in [2.45, 2.75) is 6.92 Å². The molecular formula is C18H19N3O3. The molecule has 2 heterocycles. The van der Waals surface area contributed by atoms with Crippen molar-refractivity contribution in [3.63, 3.8) is 0 Å². The molecule has 0 aliphatic carbocycles. The van der Waals surface area contributed by atoms with Crippen LogP contribution >= 0.6 is 0 Å². The lowest BCUT2D eigenvalue weighted by molar-refractivity contribution is 0.0929. The molecule has 6 nitrogen and oxygen atoms in total. The van der Waals surface area contributed by atoms with Gasteiger partial charge in [0.1, 0.15) is 17.1 Å². The monoisotopic (exact) mass is 325 g/mol. The smallest absolute Gasteiger partial charge is 0.270 e. The third-order valence-corrected chi connectivity index (χ3v) is 3.53. The minimum Gasteiger partial charge on any atom is -0.460 e. The molecule has 3 aromatic rings. The van der Waals surface area contributed by atoms with Crippen LogP contribution in [-0.4, -0.2) is 35.9 Å². The third-order valence-electron chi connectivity index (χ3n) is 3.53. The Morgan fingerprint density at radius 2 is 2.04 bits per heavy atom. The summed E-state index contributed by atoms with van der Waals surface area (Å²) in [6.45, 7) is 2.76. The molecule has 0 aliphatic heterocycles. The van der Waals surface area contributed by atoms with Gasteiger partial charge in [-0.1, -0.05) is 18.2 Å². The molecule has 0 bridgehead atoms. The highest BCUT2D eigenvalue weighted by Crippen LogP contribution is 2.23. The van der Waals surface area contributed by atoms with E-state index in [1.807, 2.05) is 49.4 Å². The normalized spacial score (nSPS) is 10.8. The van der Waals surface area contributed by atoms with E-state index >= 15 is 0 Å². The summed E-state index contributed by atoms with van der Waals surface area (Å²) in [5.74, 6) is 1.22. The summed E-state index contributed by atoms with van der Waals surface area (Å²) in [5.41, 5.74) is 1.87. The lowest BCUT2D eigenvalue weighted by Crippen LogP contribution is -2.28. The van der Waals surface area contributed by atoms with Crippen LogP contribution in [0.5, 0.6) is 0 Å². The highest BCUT2D eigenvalue weighted by Gasteiger charge is 2.18. The largest absolute Gasteiger partial charge is 0.460 e. The number of carbonyl (C=O) groups excluding carboxylic acids is 1. The topological polar surface area (TPSA) is 69.3 Å². The fourth-order valence-corrected chi connectivity index (χ4v) is 2.36. The summed E-state index contributed by atoms with van der Waals surface area (Å²) < 4.78 is 12.2. The van der Waals surface area contributed by atoms with Gasteiger partial charge >= 0.3 is 0 Å². The van der Waals surface area contributed by atoms with E-state index in [1.54, 1.807) is 17.9 Å². The summed E-state index contributed by atoms with van der Waals surface area (Å²) >= 11 is 0. The van der Waals surface area contributed by atoms with E-state index in [2.05, 4.69) is 10.4 Å². The molecule has 0 radical (unpaired) electrons. The fraction of sp³-hybridized carbons (Fsp3) is 0.222. The zero-order valence-corrected chi connectivity index (χ0v) is 13.7. The van der Waals surface area contributed by atoms with Crippen LogP contribution in [0.4, 0.5) is 0 Å². The number of furan rings is 1. The molecule has 0 unspecified atom stereocenters. The number of amides is 1. The Kier molecular flexibility index (Phi) is 4.77. The number of benzene rings is 1. The first kappa shape index (κ1) is 16.0. The summed E-state index contributed by atoms with van der Waals surface area (Å²) in [6.07, 6.45) is 0. The fourth-order valence-electron chi connectivity index (χ4n) is 2.36. The van der Waals surface area contributed by atoms with Crippen LogP contribution in [0, 0.1) is 6.92 Å². The summed E-state index contributed by atoms with van der Waals surface area (Å²) in [4.78, 5) is 12.5. The molecule has 0 fully saturated rings. The number of methoxy groups -OCH3 is 1. The van der Waals surface area contributed by atoms with Gasteiger partial charge in [-0.15, -0.1) is 0 Å². The van der Waals surface area contributed by atoms with Gasteiger partial charge in [0, 0.05) is 19.7 Å². The molecule has 0 atom stereocenters. The van der Waals surface area contributed by atoms with Crippen molar-refractivity contribution in [3.05, 3.63) is 60.0 Å². The second-order valence-electron chi connectivity index (χ2n) is 5.32. The second-order valence-corrected chi connectivity index (χ2v) is 5.32. The maximum atomic E-state index is 12.5. The van der Waals surface area contributed by atoms with E-state index in [9.17, 15) is 4.79 Å². The van der Waals surface area contributed by atoms with Crippen LogP contribution in [0.2, 0.25) is 0 Å². The molecule has 1 N–H and O–H groups in total. The van der Waals surface area contributed by atoms with Crippen LogP contribution < -0.4 is 5.32 Å². The van der Waals surface area contributed by atoms with Crippen molar-refractivity contribution in [1.82, 2.24) is 15.1 Å². The summed E-state index contributed by atoms with van der Waals surface area (Å²) in [5, 5.41) is 7.37. The molecule has 0 spiro atoms. The number of hydrogen-bond acceptors (Lipinski definition) is 4. The van der Waals surface area contributed by atoms with Gasteiger partial charge in [0.2, 0.25) is 0 Å². The first-order valence-corrected chi connectivity index (χ1v) is 7.68. The van der Waals surface area contributed by atoms with Gasteiger partial charge in [0.25, 0.3) is 5.91 Å². The standard InChI is InChI=1S/C18H19N3O3/c1-13-8-9-17(24-13)15-12-16(18(22)19-10-11-23-2)21(20-15)14-6-4-3-5-7-14/h3-9,12H,10-11H2,1-2H3,(H,19,22). The Morgan fingerprint density at radius 3 is 2.71 bits per heavy atom. The van der Waals surface area contributed by atoms with E-state index in [-0.39, 0.29) is 5.91 Å². The number of aryl methyl sites for hydroxylation is 1. The van der Waals surface area contributed by atoms with Gasteiger partial charge in [0.15, 0.2) is 5.76 Å². The van der Waals surface area contributed by atoms with Crippen molar-refractivity contribution >= 4 is 5.91 Å². The maximum absolute atomic E-state index is 12.5. The van der Waals surface area contributed by atoms with Gasteiger partial charge in [0.05, 0.1) is 12.3 Å². The van der Waals surface area contributed by atoms with Crippen LogP contribution in [0.15, 0.2) is 52.9 Å². The maximum Gasteiger partial charge on any atom is 0.270 e. The van der Waals surface area contributed by atoms with Gasteiger partial charge < -0.3 is 14.5 Å². The van der Waals surface area contributed by atoms with Gasteiger partial charge in [-0.25, -0.2) is 4.68 Å². The number of nitrogens with zero attached hydrogens (tertiary/aromatic N) is 2. The number of carbonyl (C=O) groups is 1. The molecule has 0 aliphatic rings. The highest BCUT2D eigenvalue weighted by molar-refractivity contribution is 5.94. The van der Waals surface area contributed by atoms with Crippen LogP contribution in [-0.2, 0) is 4.74 Å². The van der Waals surface area contributed by atoms with Crippen molar-refractivity contribution in [2.24, 2.45) is 0 Å². The second kappa shape index (κ2) is 7.14. The first-order chi connectivity index (χ1) is 11.7. The predicted octanol–water partition coefficient (Wildman–Crippen LogP) is 2.82. The summed E-state index contributed by atoms with van der Waals surface area (Å²) in [6, 6.07) is 15.0.